The van der Waals surface area contributed by atoms with Gasteiger partial charge in [-0.3, -0.25) is 14.7 Å². The summed E-state index contributed by atoms with van der Waals surface area (Å²) >= 11 is 0. The Bertz CT molecular complexity index is 893. The summed E-state index contributed by atoms with van der Waals surface area (Å²) in [5, 5.41) is 0. The van der Waals surface area contributed by atoms with E-state index in [0.717, 1.165) is 42.3 Å². The lowest BCUT2D eigenvalue weighted by molar-refractivity contribution is -0.121. The number of pyridine rings is 2. The summed E-state index contributed by atoms with van der Waals surface area (Å²) in [6.45, 7) is 8.57. The van der Waals surface area contributed by atoms with Crippen LogP contribution >= 0.6 is 0 Å². The first-order chi connectivity index (χ1) is 13.9. The van der Waals surface area contributed by atoms with E-state index < -0.39 is 0 Å². The SMILES string of the molecule is Cc1cc(C[C@H]2CCCN(C(C)c3ccc4c(n3)OCC(=O)N4C)C2)cc(C)n1. The van der Waals surface area contributed by atoms with Crippen molar-refractivity contribution < 1.29 is 9.53 Å². The van der Waals surface area contributed by atoms with Gasteiger partial charge in [-0.1, -0.05) is 0 Å². The Balaban J connectivity index is 1.46. The molecule has 0 radical (unpaired) electrons. The molecule has 0 aliphatic carbocycles. The minimum absolute atomic E-state index is 0.0412. The number of amides is 1. The van der Waals surface area contributed by atoms with Gasteiger partial charge in [-0.2, -0.15) is 0 Å². The molecule has 2 aromatic rings. The van der Waals surface area contributed by atoms with Crippen LogP contribution in [-0.2, 0) is 11.2 Å². The number of hydrogen-bond donors (Lipinski definition) is 0. The molecule has 1 fully saturated rings. The van der Waals surface area contributed by atoms with Crippen LogP contribution in [0.25, 0.3) is 0 Å². The van der Waals surface area contributed by atoms with E-state index in [2.05, 4.69) is 42.8 Å². The third kappa shape index (κ3) is 4.27. The van der Waals surface area contributed by atoms with Crippen LogP contribution in [0.2, 0.25) is 0 Å². The van der Waals surface area contributed by atoms with Crippen LogP contribution in [0.15, 0.2) is 24.3 Å². The first-order valence-corrected chi connectivity index (χ1v) is 10.5. The van der Waals surface area contributed by atoms with Crippen molar-refractivity contribution in [3.63, 3.8) is 0 Å². The van der Waals surface area contributed by atoms with Crippen LogP contribution in [0, 0.1) is 19.8 Å². The van der Waals surface area contributed by atoms with Gasteiger partial charge < -0.3 is 9.64 Å². The smallest absolute Gasteiger partial charge is 0.264 e. The molecule has 4 rings (SSSR count). The maximum atomic E-state index is 11.8. The molecule has 2 aromatic heterocycles. The average Bonchev–Trinajstić information content (AvgIpc) is 2.69. The Hall–Kier alpha value is -2.47. The number of carbonyl (C=O) groups is 1. The van der Waals surface area contributed by atoms with Crippen LogP contribution in [0.1, 0.15) is 48.5 Å². The number of rotatable bonds is 4. The molecule has 6 heteroatoms. The normalized spacial score (nSPS) is 20.9. The van der Waals surface area contributed by atoms with Gasteiger partial charge in [0.25, 0.3) is 5.91 Å². The van der Waals surface area contributed by atoms with E-state index in [4.69, 9.17) is 9.72 Å². The van der Waals surface area contributed by atoms with E-state index in [-0.39, 0.29) is 18.6 Å². The second-order valence-corrected chi connectivity index (χ2v) is 8.44. The van der Waals surface area contributed by atoms with E-state index in [9.17, 15) is 4.79 Å². The van der Waals surface area contributed by atoms with Crippen LogP contribution in [0.3, 0.4) is 0 Å². The van der Waals surface area contributed by atoms with Crippen LogP contribution < -0.4 is 9.64 Å². The Labute approximate surface area is 172 Å². The summed E-state index contributed by atoms with van der Waals surface area (Å²) in [5.74, 6) is 1.17. The molecule has 0 N–H and O–H groups in total. The highest BCUT2D eigenvalue weighted by Crippen LogP contribution is 2.33. The fourth-order valence-electron chi connectivity index (χ4n) is 4.58. The molecular weight excluding hydrogens is 364 g/mol. The quantitative estimate of drug-likeness (QED) is 0.795. The second-order valence-electron chi connectivity index (χ2n) is 8.44. The highest BCUT2D eigenvalue weighted by molar-refractivity contribution is 5.96. The minimum Gasteiger partial charge on any atom is -0.466 e. The lowest BCUT2D eigenvalue weighted by Crippen LogP contribution is -2.39. The summed E-state index contributed by atoms with van der Waals surface area (Å²) in [5.41, 5.74) is 5.34. The highest BCUT2D eigenvalue weighted by atomic mass is 16.5. The molecule has 2 aliphatic heterocycles. The number of anilines is 1. The van der Waals surface area contributed by atoms with E-state index in [1.807, 2.05) is 12.1 Å². The first kappa shape index (κ1) is 19.8. The number of fused-ring (bicyclic) bond motifs is 1. The standard InChI is InChI=1S/C23H30N4O2/c1-15-10-19(11-16(2)24-15)12-18-6-5-9-27(13-18)17(3)20-7-8-21-23(25-20)29-14-22(28)26(21)4/h7-8,10-11,17-18H,5-6,9,12-14H2,1-4H3/t17?,18-/m1/s1. The zero-order valence-electron chi connectivity index (χ0n) is 17.8. The van der Waals surface area contributed by atoms with Gasteiger partial charge in [0.2, 0.25) is 5.88 Å². The number of hydrogen-bond acceptors (Lipinski definition) is 5. The third-order valence-electron chi connectivity index (χ3n) is 6.12. The van der Waals surface area contributed by atoms with Crippen LogP contribution in [-0.4, -0.2) is 47.5 Å². The van der Waals surface area contributed by atoms with Gasteiger partial charge in [0.05, 0.1) is 5.69 Å². The molecule has 154 valence electrons. The lowest BCUT2D eigenvalue weighted by atomic mass is 9.90. The minimum atomic E-state index is -0.0412. The number of ether oxygens (including phenoxy) is 1. The number of aromatic nitrogens is 2. The van der Waals surface area contributed by atoms with Crippen molar-refractivity contribution in [2.45, 2.75) is 46.1 Å². The first-order valence-electron chi connectivity index (χ1n) is 10.5. The van der Waals surface area contributed by atoms with Crippen molar-refractivity contribution >= 4 is 11.6 Å². The third-order valence-corrected chi connectivity index (χ3v) is 6.12. The number of piperidine rings is 1. The average molecular weight is 395 g/mol. The zero-order chi connectivity index (χ0) is 20.5. The van der Waals surface area contributed by atoms with E-state index in [1.165, 1.54) is 18.4 Å². The molecule has 2 atom stereocenters. The number of likely N-dealkylation sites (tertiary alicyclic amines) is 1. The monoisotopic (exact) mass is 394 g/mol. The number of aryl methyl sites for hydroxylation is 2. The summed E-state index contributed by atoms with van der Waals surface area (Å²) in [6, 6.07) is 8.64. The summed E-state index contributed by atoms with van der Waals surface area (Å²) in [6.07, 6.45) is 3.56. The van der Waals surface area contributed by atoms with Gasteiger partial charge in [-0.05, 0) is 82.3 Å². The molecule has 2 aliphatic rings. The van der Waals surface area contributed by atoms with Crippen molar-refractivity contribution in [3.05, 3.63) is 46.9 Å². The van der Waals surface area contributed by atoms with Crippen molar-refractivity contribution in [1.29, 1.82) is 0 Å². The second kappa shape index (κ2) is 8.11. The van der Waals surface area contributed by atoms with Gasteiger partial charge >= 0.3 is 0 Å². The molecule has 1 saturated heterocycles. The Morgan fingerprint density at radius 2 is 1.97 bits per heavy atom. The molecule has 0 aromatic carbocycles. The maximum Gasteiger partial charge on any atom is 0.264 e. The van der Waals surface area contributed by atoms with Crippen molar-refractivity contribution in [3.8, 4) is 5.88 Å². The fourth-order valence-corrected chi connectivity index (χ4v) is 4.58. The molecule has 1 unspecified atom stereocenters. The maximum absolute atomic E-state index is 11.8. The highest BCUT2D eigenvalue weighted by Gasteiger charge is 2.28. The molecule has 0 spiro atoms. The van der Waals surface area contributed by atoms with E-state index >= 15 is 0 Å². The van der Waals surface area contributed by atoms with Gasteiger partial charge in [-0.25, -0.2) is 4.98 Å². The number of carbonyl (C=O) groups excluding carboxylic acids is 1. The molecule has 4 heterocycles. The zero-order valence-corrected chi connectivity index (χ0v) is 17.8. The lowest BCUT2D eigenvalue weighted by Gasteiger charge is -2.37. The Morgan fingerprint density at radius 1 is 1.21 bits per heavy atom. The number of nitrogens with zero attached hydrogens (tertiary/aromatic N) is 4. The van der Waals surface area contributed by atoms with Gasteiger partial charge in [0, 0.05) is 31.0 Å². The summed E-state index contributed by atoms with van der Waals surface area (Å²) in [7, 11) is 1.77. The van der Waals surface area contributed by atoms with Crippen LogP contribution in [0.5, 0.6) is 5.88 Å². The molecule has 0 bridgehead atoms. The fraction of sp³-hybridized carbons (Fsp3) is 0.522. The molecule has 1 amide bonds. The van der Waals surface area contributed by atoms with Crippen molar-refractivity contribution in [1.82, 2.24) is 14.9 Å². The van der Waals surface area contributed by atoms with Crippen molar-refractivity contribution in [2.24, 2.45) is 5.92 Å². The largest absolute Gasteiger partial charge is 0.466 e. The van der Waals surface area contributed by atoms with E-state index in [0.29, 0.717) is 11.8 Å². The van der Waals surface area contributed by atoms with Gasteiger partial charge in [-0.15, -0.1) is 0 Å². The Kier molecular flexibility index (Phi) is 5.54. The molecular formula is C23H30N4O2. The Morgan fingerprint density at radius 3 is 2.72 bits per heavy atom. The van der Waals surface area contributed by atoms with Gasteiger partial charge in [0.15, 0.2) is 6.61 Å². The number of likely N-dealkylation sites (N-methyl/N-ethyl adjacent to an activating group) is 1. The van der Waals surface area contributed by atoms with Crippen molar-refractivity contribution in [2.75, 3.05) is 31.6 Å². The van der Waals surface area contributed by atoms with E-state index in [1.54, 1.807) is 11.9 Å². The summed E-state index contributed by atoms with van der Waals surface area (Å²) < 4.78 is 5.58. The van der Waals surface area contributed by atoms with Gasteiger partial charge in [0.1, 0.15) is 5.69 Å². The van der Waals surface area contributed by atoms with Crippen LogP contribution in [0.4, 0.5) is 5.69 Å². The summed E-state index contributed by atoms with van der Waals surface area (Å²) in [4.78, 5) is 25.2. The molecule has 29 heavy (non-hydrogen) atoms. The molecule has 0 saturated carbocycles. The molecule has 6 nitrogen and oxygen atoms in total. The predicted octanol–water partition coefficient (Wildman–Crippen LogP) is 3.46. The predicted molar refractivity (Wildman–Crippen MR) is 113 cm³/mol. The topological polar surface area (TPSA) is 58.6 Å².